The van der Waals surface area contributed by atoms with E-state index in [1.54, 1.807) is 6.26 Å². The second-order valence-electron chi connectivity index (χ2n) is 6.59. The number of aromatic nitrogens is 1. The van der Waals surface area contributed by atoms with Crippen LogP contribution in [0.25, 0.3) is 11.5 Å². The Bertz CT molecular complexity index is 923. The highest BCUT2D eigenvalue weighted by Crippen LogP contribution is 2.26. The Hall–Kier alpha value is -2.66. The van der Waals surface area contributed by atoms with Crippen LogP contribution in [0.3, 0.4) is 0 Å². The third kappa shape index (κ3) is 3.94. The van der Waals surface area contributed by atoms with Gasteiger partial charge >= 0.3 is 0 Å². The molecule has 3 aromatic rings. The molecule has 0 unspecified atom stereocenters. The Morgan fingerprint density at radius 2 is 1.96 bits per heavy atom. The van der Waals surface area contributed by atoms with Crippen molar-refractivity contribution in [2.24, 2.45) is 0 Å². The number of amides is 1. The van der Waals surface area contributed by atoms with Crippen molar-refractivity contribution in [3.05, 3.63) is 76.9 Å². The summed E-state index contributed by atoms with van der Waals surface area (Å²) in [6, 6.07) is 13.4. The largest absolute Gasteiger partial charge is 0.444 e. The SMILES string of the molecule is CC(C)(CNC(=O)c1cc(Cl)ccc1F)c1coc(-c2ccccc2)n1. The maximum atomic E-state index is 13.8. The van der Waals surface area contributed by atoms with E-state index < -0.39 is 17.1 Å². The summed E-state index contributed by atoms with van der Waals surface area (Å²) in [5.74, 6) is -0.622. The van der Waals surface area contributed by atoms with Crippen LogP contribution < -0.4 is 5.32 Å². The Morgan fingerprint density at radius 3 is 2.69 bits per heavy atom. The molecule has 4 nitrogen and oxygen atoms in total. The van der Waals surface area contributed by atoms with E-state index in [4.69, 9.17) is 16.0 Å². The van der Waals surface area contributed by atoms with Crippen LogP contribution in [0.2, 0.25) is 5.02 Å². The number of carbonyl (C=O) groups is 1. The average Bonchev–Trinajstić information content (AvgIpc) is 3.14. The number of carbonyl (C=O) groups excluding carboxylic acids is 1. The van der Waals surface area contributed by atoms with Crippen molar-refractivity contribution >= 4 is 17.5 Å². The third-order valence-electron chi connectivity index (χ3n) is 4.08. The number of benzene rings is 2. The lowest BCUT2D eigenvalue weighted by Gasteiger charge is -2.22. The van der Waals surface area contributed by atoms with Gasteiger partial charge in [0, 0.05) is 22.5 Å². The maximum Gasteiger partial charge on any atom is 0.254 e. The van der Waals surface area contributed by atoms with Crippen molar-refractivity contribution in [3.63, 3.8) is 0 Å². The highest BCUT2D eigenvalue weighted by Gasteiger charge is 2.26. The molecule has 1 heterocycles. The highest BCUT2D eigenvalue weighted by molar-refractivity contribution is 6.31. The normalized spacial score (nSPS) is 11.4. The lowest BCUT2D eigenvalue weighted by Crippen LogP contribution is -2.37. The lowest BCUT2D eigenvalue weighted by atomic mass is 9.90. The Kier molecular flexibility index (Phi) is 5.09. The van der Waals surface area contributed by atoms with Gasteiger partial charge in [-0.15, -0.1) is 0 Å². The number of oxazole rings is 1. The smallest absolute Gasteiger partial charge is 0.254 e. The molecule has 6 heteroatoms. The Balaban J connectivity index is 1.72. The van der Waals surface area contributed by atoms with Crippen molar-refractivity contribution in [1.29, 1.82) is 0 Å². The molecule has 0 radical (unpaired) electrons. The van der Waals surface area contributed by atoms with Gasteiger partial charge in [-0.25, -0.2) is 9.37 Å². The van der Waals surface area contributed by atoms with Crippen LogP contribution in [0.5, 0.6) is 0 Å². The fraction of sp³-hybridized carbons (Fsp3) is 0.200. The summed E-state index contributed by atoms with van der Waals surface area (Å²) in [6.07, 6.45) is 1.58. The first kappa shape index (κ1) is 18.1. The minimum atomic E-state index is -0.613. The Morgan fingerprint density at radius 1 is 1.23 bits per heavy atom. The van der Waals surface area contributed by atoms with Crippen molar-refractivity contribution in [2.45, 2.75) is 19.3 Å². The second-order valence-corrected chi connectivity index (χ2v) is 7.03. The van der Waals surface area contributed by atoms with E-state index in [0.717, 1.165) is 5.56 Å². The summed E-state index contributed by atoms with van der Waals surface area (Å²) < 4.78 is 19.4. The lowest BCUT2D eigenvalue weighted by molar-refractivity contribution is 0.0941. The molecule has 1 amide bonds. The van der Waals surface area contributed by atoms with E-state index in [9.17, 15) is 9.18 Å². The zero-order valence-corrected chi connectivity index (χ0v) is 15.2. The zero-order chi connectivity index (χ0) is 18.7. The average molecular weight is 373 g/mol. The minimum absolute atomic E-state index is 0.0848. The van der Waals surface area contributed by atoms with Gasteiger partial charge in [-0.2, -0.15) is 0 Å². The van der Waals surface area contributed by atoms with E-state index in [2.05, 4.69) is 10.3 Å². The molecular weight excluding hydrogens is 355 g/mol. The summed E-state index contributed by atoms with van der Waals surface area (Å²) in [6.45, 7) is 4.11. The zero-order valence-electron chi connectivity index (χ0n) is 14.4. The van der Waals surface area contributed by atoms with Crippen molar-refractivity contribution in [3.8, 4) is 11.5 Å². The van der Waals surface area contributed by atoms with Gasteiger partial charge < -0.3 is 9.73 Å². The predicted octanol–water partition coefficient (Wildman–Crippen LogP) is 4.84. The number of hydrogen-bond acceptors (Lipinski definition) is 3. The van der Waals surface area contributed by atoms with Gasteiger partial charge in [0.1, 0.15) is 12.1 Å². The van der Waals surface area contributed by atoms with Gasteiger partial charge in [0.15, 0.2) is 0 Å². The van der Waals surface area contributed by atoms with Crippen LogP contribution in [0.1, 0.15) is 29.9 Å². The van der Waals surface area contributed by atoms with Crippen LogP contribution in [0, 0.1) is 5.82 Å². The molecule has 0 aliphatic rings. The summed E-state index contributed by atoms with van der Waals surface area (Å²) >= 11 is 5.84. The number of nitrogens with zero attached hydrogens (tertiary/aromatic N) is 1. The van der Waals surface area contributed by atoms with Crippen LogP contribution in [0.4, 0.5) is 4.39 Å². The van der Waals surface area contributed by atoms with E-state index in [1.165, 1.54) is 18.2 Å². The first-order valence-corrected chi connectivity index (χ1v) is 8.49. The molecular formula is C20H18ClFN2O2. The van der Waals surface area contributed by atoms with Crippen molar-refractivity contribution in [1.82, 2.24) is 10.3 Å². The molecule has 2 aromatic carbocycles. The molecule has 0 atom stereocenters. The number of halogens is 2. The predicted molar refractivity (Wildman–Crippen MR) is 98.7 cm³/mol. The molecule has 0 aliphatic carbocycles. The van der Waals surface area contributed by atoms with E-state index in [0.29, 0.717) is 16.6 Å². The second kappa shape index (κ2) is 7.30. The van der Waals surface area contributed by atoms with Gasteiger partial charge in [0.25, 0.3) is 5.91 Å². The van der Waals surface area contributed by atoms with Gasteiger partial charge in [-0.05, 0) is 30.3 Å². The quantitative estimate of drug-likeness (QED) is 0.697. The van der Waals surface area contributed by atoms with Crippen LogP contribution >= 0.6 is 11.6 Å². The van der Waals surface area contributed by atoms with Crippen LogP contribution in [0.15, 0.2) is 59.2 Å². The van der Waals surface area contributed by atoms with E-state index in [1.807, 2.05) is 44.2 Å². The van der Waals surface area contributed by atoms with E-state index in [-0.39, 0.29) is 12.1 Å². The highest BCUT2D eigenvalue weighted by atomic mass is 35.5. The summed E-state index contributed by atoms with van der Waals surface area (Å²) in [7, 11) is 0. The molecule has 0 saturated heterocycles. The number of nitrogens with one attached hydrogen (secondary N) is 1. The molecule has 1 N–H and O–H groups in total. The van der Waals surface area contributed by atoms with Gasteiger partial charge in [0.2, 0.25) is 5.89 Å². The van der Waals surface area contributed by atoms with Gasteiger partial charge in [-0.1, -0.05) is 43.6 Å². The fourth-order valence-electron chi connectivity index (χ4n) is 2.46. The standard InChI is InChI=1S/C20H18ClFN2O2/c1-20(2,12-23-18(25)15-10-14(21)8-9-16(15)22)17-11-26-19(24-17)13-6-4-3-5-7-13/h3-11H,12H2,1-2H3,(H,23,25). The molecule has 0 bridgehead atoms. The van der Waals surface area contributed by atoms with Crippen LogP contribution in [-0.4, -0.2) is 17.4 Å². The first-order valence-electron chi connectivity index (χ1n) is 8.11. The molecule has 0 saturated carbocycles. The summed E-state index contributed by atoms with van der Waals surface area (Å²) in [5, 5.41) is 3.04. The van der Waals surface area contributed by atoms with Crippen molar-refractivity contribution < 1.29 is 13.6 Å². The fourth-order valence-corrected chi connectivity index (χ4v) is 2.63. The van der Waals surface area contributed by atoms with Gasteiger partial charge in [0.05, 0.1) is 11.3 Å². The monoisotopic (exact) mass is 372 g/mol. The molecule has 134 valence electrons. The van der Waals surface area contributed by atoms with Crippen LogP contribution in [-0.2, 0) is 5.41 Å². The first-order chi connectivity index (χ1) is 12.4. The summed E-state index contributed by atoms with van der Waals surface area (Å²) in [4.78, 5) is 16.8. The maximum absolute atomic E-state index is 13.8. The van der Waals surface area contributed by atoms with E-state index >= 15 is 0 Å². The topological polar surface area (TPSA) is 55.1 Å². The molecule has 1 aromatic heterocycles. The summed E-state index contributed by atoms with van der Waals surface area (Å²) in [5.41, 5.74) is 0.988. The third-order valence-corrected chi connectivity index (χ3v) is 4.32. The number of hydrogen-bond donors (Lipinski definition) is 1. The van der Waals surface area contributed by atoms with Crippen molar-refractivity contribution in [2.75, 3.05) is 6.54 Å². The number of rotatable bonds is 5. The molecule has 0 aliphatic heterocycles. The van der Waals surface area contributed by atoms with Gasteiger partial charge in [-0.3, -0.25) is 4.79 Å². The molecule has 26 heavy (non-hydrogen) atoms. The molecule has 3 rings (SSSR count). The minimum Gasteiger partial charge on any atom is -0.444 e. The molecule has 0 fully saturated rings. The molecule has 0 spiro atoms. The Labute approximate surface area is 156 Å².